The number of halogens is 1. The van der Waals surface area contributed by atoms with Crippen LogP contribution in [-0.2, 0) is 0 Å². The number of pyridine rings is 1. The monoisotopic (exact) mass is 748 g/mol. The molecule has 1 aliphatic heterocycles. The number of likely N-dealkylation sites (N-methyl/N-ethyl adjacent to an activating group) is 1. The van der Waals surface area contributed by atoms with E-state index in [9.17, 15) is 9.59 Å². The molecule has 3 heterocycles. The van der Waals surface area contributed by atoms with Crippen LogP contribution < -0.4 is 34.6 Å². The molecular weight excluding hydrogens is 707 g/mol. The third-order valence-electron chi connectivity index (χ3n) is 9.47. The second-order valence-electron chi connectivity index (χ2n) is 13.0. The SMILES string of the molecule is COc1ccc(-n2c(=O)c(C(=O)Nc3ccc(Oc4ccnc5cc(OCCCN6CCN(C)CC6)c(OC)cc45)c(F)c3)nc3ccccc32)c(OC)c1. The fourth-order valence-electron chi connectivity index (χ4n) is 6.49. The van der Waals surface area contributed by atoms with Crippen LogP contribution in [0.15, 0.2) is 89.9 Å². The van der Waals surface area contributed by atoms with Crippen molar-refractivity contribution >= 4 is 33.5 Å². The maximum absolute atomic E-state index is 15.6. The molecule has 1 N–H and O–H groups in total. The van der Waals surface area contributed by atoms with Crippen molar-refractivity contribution in [1.29, 1.82) is 0 Å². The van der Waals surface area contributed by atoms with Gasteiger partial charge in [0.05, 0.1) is 50.2 Å². The molecule has 1 amide bonds. The molecule has 0 spiro atoms. The number of carbonyl (C=O) groups excluding carboxylic acids is 1. The molecule has 55 heavy (non-hydrogen) atoms. The topological polar surface area (TPSA) is 130 Å². The number of benzene rings is 4. The number of rotatable bonds is 13. The van der Waals surface area contributed by atoms with Gasteiger partial charge in [-0.3, -0.25) is 19.1 Å². The summed E-state index contributed by atoms with van der Waals surface area (Å²) >= 11 is 0. The van der Waals surface area contributed by atoms with Gasteiger partial charge in [0, 0.05) is 68.2 Å². The van der Waals surface area contributed by atoms with Crippen molar-refractivity contribution in [3.05, 3.63) is 107 Å². The molecule has 284 valence electrons. The van der Waals surface area contributed by atoms with Gasteiger partial charge >= 0.3 is 0 Å². The van der Waals surface area contributed by atoms with E-state index in [-0.39, 0.29) is 11.4 Å². The van der Waals surface area contributed by atoms with Crippen LogP contribution in [0.25, 0.3) is 27.6 Å². The van der Waals surface area contributed by atoms with Crippen LogP contribution in [0.4, 0.5) is 10.1 Å². The van der Waals surface area contributed by atoms with Gasteiger partial charge in [-0.2, -0.15) is 0 Å². The number of methoxy groups -OCH3 is 3. The lowest BCUT2D eigenvalue weighted by molar-refractivity contribution is 0.102. The zero-order chi connectivity index (χ0) is 38.5. The fourth-order valence-corrected chi connectivity index (χ4v) is 6.49. The Morgan fingerprint density at radius 2 is 1.62 bits per heavy atom. The maximum atomic E-state index is 15.6. The van der Waals surface area contributed by atoms with E-state index in [4.69, 9.17) is 23.7 Å². The average Bonchev–Trinajstić information content (AvgIpc) is 3.20. The molecule has 2 aromatic heterocycles. The summed E-state index contributed by atoms with van der Waals surface area (Å²) in [6, 6.07) is 21.0. The van der Waals surface area contributed by atoms with Crippen molar-refractivity contribution in [3.8, 4) is 40.2 Å². The number of carbonyl (C=O) groups is 1. The van der Waals surface area contributed by atoms with Crippen molar-refractivity contribution in [2.24, 2.45) is 0 Å². The van der Waals surface area contributed by atoms with Gasteiger partial charge in [-0.1, -0.05) is 12.1 Å². The van der Waals surface area contributed by atoms with E-state index in [1.165, 1.54) is 30.9 Å². The lowest BCUT2D eigenvalue weighted by Gasteiger charge is -2.32. The first-order valence-corrected chi connectivity index (χ1v) is 17.8. The number of para-hydroxylation sites is 2. The first-order valence-electron chi connectivity index (χ1n) is 17.8. The molecule has 0 aliphatic carbocycles. The predicted octanol–water partition coefficient (Wildman–Crippen LogP) is 6.16. The summed E-state index contributed by atoms with van der Waals surface area (Å²) in [6.45, 7) is 5.70. The number of anilines is 1. The second-order valence-corrected chi connectivity index (χ2v) is 13.0. The van der Waals surface area contributed by atoms with E-state index in [1.54, 1.807) is 74.0 Å². The minimum atomic E-state index is -0.824. The van der Waals surface area contributed by atoms with Crippen molar-refractivity contribution in [2.45, 2.75) is 6.42 Å². The molecule has 6 aromatic rings. The largest absolute Gasteiger partial charge is 0.497 e. The van der Waals surface area contributed by atoms with Crippen molar-refractivity contribution in [3.63, 3.8) is 0 Å². The van der Waals surface area contributed by atoms with Crippen LogP contribution in [0.2, 0.25) is 0 Å². The van der Waals surface area contributed by atoms with Crippen LogP contribution in [0, 0.1) is 5.82 Å². The number of fused-ring (bicyclic) bond motifs is 2. The van der Waals surface area contributed by atoms with Crippen LogP contribution in [0.3, 0.4) is 0 Å². The Hall–Kier alpha value is -6.25. The summed E-state index contributed by atoms with van der Waals surface area (Å²) in [4.78, 5) is 41.1. The summed E-state index contributed by atoms with van der Waals surface area (Å²) in [7, 11) is 6.69. The summed E-state index contributed by atoms with van der Waals surface area (Å²) in [6.07, 6.45) is 2.44. The summed E-state index contributed by atoms with van der Waals surface area (Å²) < 4.78 is 45.6. The van der Waals surface area contributed by atoms with E-state index in [2.05, 4.69) is 32.1 Å². The van der Waals surface area contributed by atoms with Crippen molar-refractivity contribution in [1.82, 2.24) is 24.3 Å². The van der Waals surface area contributed by atoms with Crippen LogP contribution in [0.1, 0.15) is 16.9 Å². The number of nitrogens with zero attached hydrogens (tertiary/aromatic N) is 5. The minimum Gasteiger partial charge on any atom is -0.497 e. The Morgan fingerprint density at radius 3 is 2.38 bits per heavy atom. The smallest absolute Gasteiger partial charge is 0.287 e. The molecule has 1 saturated heterocycles. The van der Waals surface area contributed by atoms with Gasteiger partial charge in [0.25, 0.3) is 11.5 Å². The molecular formula is C41H41FN6O7. The van der Waals surface area contributed by atoms with Gasteiger partial charge in [-0.25, -0.2) is 9.37 Å². The molecule has 0 saturated carbocycles. The Balaban J connectivity index is 1.09. The summed E-state index contributed by atoms with van der Waals surface area (Å²) in [5.74, 6) is 0.606. The van der Waals surface area contributed by atoms with Crippen molar-refractivity contribution in [2.75, 3.05) is 73.0 Å². The van der Waals surface area contributed by atoms with Gasteiger partial charge in [0.2, 0.25) is 0 Å². The Morgan fingerprint density at radius 1 is 0.818 bits per heavy atom. The number of piperazine rings is 1. The molecule has 0 unspecified atom stereocenters. The van der Waals surface area contributed by atoms with E-state index in [0.717, 1.165) is 45.2 Å². The van der Waals surface area contributed by atoms with Gasteiger partial charge in [-0.05, 0) is 62.0 Å². The van der Waals surface area contributed by atoms with Crippen LogP contribution in [-0.4, -0.2) is 97.9 Å². The molecule has 1 aliphatic rings. The number of amides is 1. The Kier molecular flexibility index (Phi) is 11.1. The third kappa shape index (κ3) is 8.00. The highest BCUT2D eigenvalue weighted by atomic mass is 19.1. The van der Waals surface area contributed by atoms with Crippen LogP contribution in [0.5, 0.6) is 34.5 Å². The summed E-state index contributed by atoms with van der Waals surface area (Å²) in [5, 5.41) is 3.20. The first kappa shape index (κ1) is 37.1. The van der Waals surface area contributed by atoms with Gasteiger partial charge in [0.15, 0.2) is 28.8 Å². The number of aromatic nitrogens is 3. The number of hydrogen-bond donors (Lipinski definition) is 1. The second kappa shape index (κ2) is 16.4. The molecule has 13 nitrogen and oxygen atoms in total. The number of hydrogen-bond acceptors (Lipinski definition) is 11. The van der Waals surface area contributed by atoms with E-state index in [0.29, 0.717) is 63.0 Å². The maximum Gasteiger partial charge on any atom is 0.287 e. The zero-order valence-corrected chi connectivity index (χ0v) is 31.0. The lowest BCUT2D eigenvalue weighted by atomic mass is 10.1. The standard InChI is InChI=1S/C41H41FN6O7/c1-46-17-19-47(20-18-46)16-7-21-54-38-25-31-28(24-37(38)53-4)34(14-15-43-31)55-35-13-10-26(22-29(35)42)44-40(49)39-41(50)48(32-9-6-5-8-30(32)45-39)33-12-11-27(51-2)23-36(33)52-3/h5-6,8-15,22-25H,7,16-21H2,1-4H3,(H,44,49). The predicted molar refractivity (Wildman–Crippen MR) is 207 cm³/mol. The fraction of sp³-hybridized carbons (Fsp3) is 0.268. The highest BCUT2D eigenvalue weighted by Gasteiger charge is 2.22. The van der Waals surface area contributed by atoms with E-state index < -0.39 is 23.0 Å². The molecule has 0 bridgehead atoms. The lowest BCUT2D eigenvalue weighted by Crippen LogP contribution is -2.44. The van der Waals surface area contributed by atoms with E-state index in [1.807, 2.05) is 0 Å². The van der Waals surface area contributed by atoms with Gasteiger partial charge < -0.3 is 38.8 Å². The minimum absolute atomic E-state index is 0.0912. The van der Waals surface area contributed by atoms with Gasteiger partial charge in [0.1, 0.15) is 17.2 Å². The molecule has 0 radical (unpaired) electrons. The van der Waals surface area contributed by atoms with Crippen molar-refractivity contribution < 1.29 is 32.9 Å². The number of nitrogens with one attached hydrogen (secondary N) is 1. The zero-order valence-electron chi connectivity index (χ0n) is 31.0. The molecule has 14 heteroatoms. The van der Waals surface area contributed by atoms with Gasteiger partial charge in [-0.15, -0.1) is 0 Å². The quantitative estimate of drug-likeness (QED) is 0.136. The molecule has 1 fully saturated rings. The normalized spacial score (nSPS) is 13.5. The Bertz CT molecular complexity index is 2410. The molecule has 7 rings (SSSR count). The highest BCUT2D eigenvalue weighted by molar-refractivity contribution is 6.03. The van der Waals surface area contributed by atoms with E-state index >= 15 is 4.39 Å². The summed E-state index contributed by atoms with van der Waals surface area (Å²) in [5.41, 5.74) is 0.816. The number of ether oxygens (including phenoxy) is 5. The van der Waals surface area contributed by atoms with Crippen LogP contribution >= 0.6 is 0 Å². The molecule has 4 aromatic carbocycles. The molecule has 0 atom stereocenters. The third-order valence-corrected chi connectivity index (χ3v) is 9.47. The first-order chi connectivity index (χ1) is 26.8. The highest BCUT2D eigenvalue weighted by Crippen LogP contribution is 2.38. The Labute approximate surface area is 316 Å². The average molecular weight is 749 g/mol.